The van der Waals surface area contributed by atoms with Crippen molar-refractivity contribution in [1.29, 1.82) is 0 Å². The molecule has 1 aromatic carbocycles. The van der Waals surface area contributed by atoms with Gasteiger partial charge in [0.05, 0.1) is 0 Å². The predicted octanol–water partition coefficient (Wildman–Crippen LogP) is 3.30. The summed E-state index contributed by atoms with van der Waals surface area (Å²) >= 11 is 4.84. The number of thioether (sulfide) groups is 1. The zero-order valence-electron chi connectivity index (χ0n) is 8.93. The Hall–Kier alpha value is -0.720. The van der Waals surface area contributed by atoms with Gasteiger partial charge in [-0.1, -0.05) is 40.9 Å². The maximum absolute atomic E-state index is 5.86. The lowest BCUT2D eigenvalue weighted by Crippen LogP contribution is -1.90. The Morgan fingerprint density at radius 3 is 2.69 bits per heavy atom. The third kappa shape index (κ3) is 2.50. The second kappa shape index (κ2) is 5.07. The van der Waals surface area contributed by atoms with E-state index in [1.807, 2.05) is 25.3 Å². The first-order chi connectivity index (χ1) is 7.70. The van der Waals surface area contributed by atoms with E-state index < -0.39 is 0 Å². The van der Waals surface area contributed by atoms with Gasteiger partial charge in [-0.25, -0.2) is 0 Å². The van der Waals surface area contributed by atoms with E-state index in [-0.39, 0.29) is 0 Å². The van der Waals surface area contributed by atoms with Crippen LogP contribution in [0, 0.1) is 6.92 Å². The van der Waals surface area contributed by atoms with Crippen molar-refractivity contribution in [3.63, 3.8) is 0 Å². The fourth-order valence-electron chi connectivity index (χ4n) is 1.16. The quantitative estimate of drug-likeness (QED) is 0.684. The molecule has 2 N–H and O–H groups in total. The second-order valence-electron chi connectivity index (χ2n) is 3.11. The Bertz CT molecular complexity index is 496. The van der Waals surface area contributed by atoms with Gasteiger partial charge in [0.15, 0.2) is 8.68 Å². The van der Waals surface area contributed by atoms with Gasteiger partial charge in [-0.3, -0.25) is 0 Å². The highest BCUT2D eigenvalue weighted by atomic mass is 32.2. The molecule has 0 aliphatic rings. The number of benzene rings is 1. The molecule has 0 saturated carbocycles. The van der Waals surface area contributed by atoms with Crippen molar-refractivity contribution in [3.05, 3.63) is 23.8 Å². The molecule has 0 spiro atoms. The van der Waals surface area contributed by atoms with E-state index in [1.165, 1.54) is 0 Å². The summed E-state index contributed by atoms with van der Waals surface area (Å²) < 4.78 is 1.95. The fraction of sp³-hybridized carbons (Fsp3) is 0.200. The first-order valence-corrected chi connectivity index (χ1v) is 7.47. The van der Waals surface area contributed by atoms with Crippen LogP contribution in [0.3, 0.4) is 0 Å². The molecule has 0 unspecified atom stereocenters. The molecule has 1 heterocycles. The van der Waals surface area contributed by atoms with E-state index >= 15 is 0 Å². The van der Waals surface area contributed by atoms with Crippen molar-refractivity contribution in [2.75, 3.05) is 12.0 Å². The van der Waals surface area contributed by atoms with Gasteiger partial charge in [0.25, 0.3) is 0 Å². The summed E-state index contributed by atoms with van der Waals surface area (Å²) in [6.45, 7) is 2.02. The summed E-state index contributed by atoms with van der Waals surface area (Å²) in [7, 11) is 0. The minimum atomic E-state index is 0.819. The molecular weight excluding hydrogens is 258 g/mol. The highest BCUT2D eigenvalue weighted by molar-refractivity contribution is 8.03. The molecule has 2 rings (SSSR count). The molecular formula is C10H11N3S3. The van der Waals surface area contributed by atoms with Gasteiger partial charge in [-0.05, 0) is 30.9 Å². The van der Waals surface area contributed by atoms with E-state index in [2.05, 4.69) is 16.3 Å². The van der Waals surface area contributed by atoms with Gasteiger partial charge in [0, 0.05) is 10.6 Å². The van der Waals surface area contributed by atoms with Crippen LogP contribution in [-0.2, 0) is 0 Å². The molecule has 0 atom stereocenters. The van der Waals surface area contributed by atoms with Crippen LogP contribution in [0.2, 0.25) is 0 Å². The summed E-state index contributed by atoms with van der Waals surface area (Å²) in [6.07, 6.45) is 2.00. The van der Waals surface area contributed by atoms with Crippen LogP contribution in [0.1, 0.15) is 5.56 Å². The molecule has 1 aromatic heterocycles. The average Bonchev–Trinajstić information content (AvgIpc) is 2.73. The molecule has 0 aliphatic carbocycles. The molecule has 84 valence electrons. The molecule has 0 amide bonds. The van der Waals surface area contributed by atoms with Crippen LogP contribution in [0.25, 0.3) is 0 Å². The highest BCUT2D eigenvalue weighted by Crippen LogP contribution is 2.35. The minimum Gasteiger partial charge on any atom is -0.398 e. The Morgan fingerprint density at radius 1 is 1.25 bits per heavy atom. The Kier molecular flexibility index (Phi) is 3.73. The summed E-state index contributed by atoms with van der Waals surface area (Å²) in [5.74, 6) is 0. The largest absolute Gasteiger partial charge is 0.398 e. The number of anilines is 1. The maximum Gasteiger partial charge on any atom is 0.179 e. The minimum absolute atomic E-state index is 0.819. The smallest absolute Gasteiger partial charge is 0.179 e. The molecule has 3 nitrogen and oxygen atoms in total. The third-order valence-electron chi connectivity index (χ3n) is 2.09. The van der Waals surface area contributed by atoms with Crippen molar-refractivity contribution in [1.82, 2.24) is 10.2 Å². The zero-order chi connectivity index (χ0) is 11.5. The van der Waals surface area contributed by atoms with E-state index in [9.17, 15) is 0 Å². The van der Waals surface area contributed by atoms with Crippen molar-refractivity contribution in [2.45, 2.75) is 20.5 Å². The molecule has 16 heavy (non-hydrogen) atoms. The van der Waals surface area contributed by atoms with Gasteiger partial charge in [-0.15, -0.1) is 10.2 Å². The monoisotopic (exact) mass is 269 g/mol. The van der Waals surface area contributed by atoms with Crippen molar-refractivity contribution >= 4 is 40.5 Å². The first kappa shape index (κ1) is 11.8. The zero-order valence-corrected chi connectivity index (χ0v) is 11.4. The van der Waals surface area contributed by atoms with E-state index in [0.29, 0.717) is 0 Å². The van der Waals surface area contributed by atoms with Crippen molar-refractivity contribution in [2.24, 2.45) is 0 Å². The number of nitrogens with zero attached hydrogens (tertiary/aromatic N) is 2. The lowest BCUT2D eigenvalue weighted by atomic mass is 10.2. The lowest BCUT2D eigenvalue weighted by molar-refractivity contribution is 0.955. The van der Waals surface area contributed by atoms with Crippen molar-refractivity contribution < 1.29 is 0 Å². The summed E-state index contributed by atoms with van der Waals surface area (Å²) in [5.41, 5.74) is 7.78. The van der Waals surface area contributed by atoms with Crippen LogP contribution in [0.15, 0.2) is 31.8 Å². The normalized spacial score (nSPS) is 10.6. The van der Waals surface area contributed by atoms with Gasteiger partial charge < -0.3 is 5.73 Å². The number of aromatic nitrogens is 2. The molecule has 6 heteroatoms. The first-order valence-electron chi connectivity index (χ1n) is 4.61. The van der Waals surface area contributed by atoms with Crippen LogP contribution < -0.4 is 5.73 Å². The van der Waals surface area contributed by atoms with Crippen LogP contribution >= 0.6 is 34.9 Å². The Balaban J connectivity index is 2.23. The topological polar surface area (TPSA) is 51.8 Å². The fourth-order valence-corrected chi connectivity index (χ4v) is 3.68. The summed E-state index contributed by atoms with van der Waals surface area (Å²) in [4.78, 5) is 1.14. The molecule has 0 radical (unpaired) electrons. The third-order valence-corrected chi connectivity index (χ3v) is 5.20. The van der Waals surface area contributed by atoms with E-state index in [4.69, 9.17) is 5.73 Å². The second-order valence-corrected chi connectivity index (χ2v) is 6.43. The molecule has 0 fully saturated rings. The average molecular weight is 269 g/mol. The number of rotatable bonds is 3. The number of hydrogen-bond donors (Lipinski definition) is 1. The number of nitrogens with two attached hydrogens (primary N) is 1. The molecule has 0 saturated heterocycles. The SMILES string of the molecule is CSc1nnc(Sc2cccc(N)c2C)s1. The number of nitrogen functional groups attached to an aromatic ring is 1. The number of hydrogen-bond acceptors (Lipinski definition) is 6. The summed E-state index contributed by atoms with van der Waals surface area (Å²) in [5, 5.41) is 8.19. The van der Waals surface area contributed by atoms with Gasteiger partial charge in [0.2, 0.25) is 0 Å². The molecule has 2 aromatic rings. The predicted molar refractivity (Wildman–Crippen MR) is 71.4 cm³/mol. The van der Waals surface area contributed by atoms with E-state index in [0.717, 1.165) is 24.8 Å². The van der Waals surface area contributed by atoms with E-state index in [1.54, 1.807) is 34.9 Å². The Labute approximate surface area is 107 Å². The molecule has 0 bridgehead atoms. The Morgan fingerprint density at radius 2 is 2.00 bits per heavy atom. The summed E-state index contributed by atoms with van der Waals surface area (Å²) in [6, 6.07) is 5.92. The highest BCUT2D eigenvalue weighted by Gasteiger charge is 2.08. The maximum atomic E-state index is 5.86. The van der Waals surface area contributed by atoms with Crippen LogP contribution in [-0.4, -0.2) is 16.5 Å². The van der Waals surface area contributed by atoms with Gasteiger partial charge >= 0.3 is 0 Å². The lowest BCUT2D eigenvalue weighted by Gasteiger charge is -2.04. The van der Waals surface area contributed by atoms with Gasteiger partial charge in [-0.2, -0.15) is 0 Å². The van der Waals surface area contributed by atoms with Crippen LogP contribution in [0.4, 0.5) is 5.69 Å². The van der Waals surface area contributed by atoms with Gasteiger partial charge in [0.1, 0.15) is 0 Å². The standard InChI is InChI=1S/C10H11N3S3/c1-6-7(11)4-3-5-8(6)15-10-13-12-9(14-2)16-10/h3-5H,11H2,1-2H3. The van der Waals surface area contributed by atoms with Crippen LogP contribution in [0.5, 0.6) is 0 Å². The molecule has 0 aliphatic heterocycles. The van der Waals surface area contributed by atoms with Crippen molar-refractivity contribution in [3.8, 4) is 0 Å².